The lowest BCUT2D eigenvalue weighted by Gasteiger charge is -2.07. The van der Waals surface area contributed by atoms with Gasteiger partial charge in [0, 0.05) is 23.7 Å². The van der Waals surface area contributed by atoms with Gasteiger partial charge in [0.1, 0.15) is 0 Å². The molecule has 5 nitrogen and oxygen atoms in total. The summed E-state index contributed by atoms with van der Waals surface area (Å²) in [4.78, 5) is 22.3. The Hall–Kier alpha value is -1.59. The lowest BCUT2D eigenvalue weighted by Crippen LogP contribution is -2.24. The molecule has 1 unspecified atom stereocenters. The minimum Gasteiger partial charge on any atom is -0.366 e. The molecule has 0 saturated carbocycles. The maximum absolute atomic E-state index is 11.4. The number of halogens is 1. The molecule has 0 aliphatic heterocycles. The number of benzene rings is 1. The Kier molecular flexibility index (Phi) is 6.23. The van der Waals surface area contributed by atoms with Crippen LogP contribution in [0.1, 0.15) is 23.7 Å². The normalized spacial score (nSPS) is 11.2. The summed E-state index contributed by atoms with van der Waals surface area (Å²) in [6, 6.07) is 6.26. The van der Waals surface area contributed by atoms with Crippen LogP contribution < -0.4 is 16.8 Å². The number of hydrogen-bond acceptors (Lipinski definition) is 3. The van der Waals surface area contributed by atoms with Gasteiger partial charge in [-0.2, -0.15) is 0 Å². The monoisotopic (exact) mass is 257 g/mol. The standard InChI is InChI=1S/C11H15N3O2.ClH/c1-7(12)5-10(15)14-9-4-2-3-8(6-9)11(13)16;/h2-4,6-7H,5,12H2,1H3,(H2,13,16)(H,14,15);1H. The number of primary amides is 1. The van der Waals surface area contributed by atoms with Crippen LogP contribution in [0, 0.1) is 0 Å². The second-order valence-corrected chi connectivity index (χ2v) is 3.67. The maximum atomic E-state index is 11.4. The molecule has 17 heavy (non-hydrogen) atoms. The number of amides is 2. The summed E-state index contributed by atoms with van der Waals surface area (Å²) in [5, 5.41) is 2.64. The first-order valence-corrected chi connectivity index (χ1v) is 4.94. The summed E-state index contributed by atoms with van der Waals surface area (Å²) < 4.78 is 0. The summed E-state index contributed by atoms with van der Waals surface area (Å²) in [6.07, 6.45) is 0.237. The highest BCUT2D eigenvalue weighted by atomic mass is 35.5. The zero-order chi connectivity index (χ0) is 12.1. The lowest BCUT2D eigenvalue weighted by atomic mass is 10.2. The van der Waals surface area contributed by atoms with Gasteiger partial charge in [0.05, 0.1) is 0 Å². The minimum atomic E-state index is -0.525. The molecule has 5 N–H and O–H groups in total. The highest BCUT2D eigenvalue weighted by Gasteiger charge is 2.06. The third kappa shape index (κ3) is 5.33. The van der Waals surface area contributed by atoms with Gasteiger partial charge in [-0.05, 0) is 25.1 Å². The van der Waals surface area contributed by atoms with E-state index in [2.05, 4.69) is 5.32 Å². The van der Waals surface area contributed by atoms with Gasteiger partial charge in [0.2, 0.25) is 11.8 Å². The van der Waals surface area contributed by atoms with Gasteiger partial charge in [0.25, 0.3) is 0 Å². The van der Waals surface area contributed by atoms with E-state index in [-0.39, 0.29) is 30.8 Å². The van der Waals surface area contributed by atoms with Crippen molar-refractivity contribution < 1.29 is 9.59 Å². The number of hydrogen-bond donors (Lipinski definition) is 3. The molecule has 0 bridgehead atoms. The minimum absolute atomic E-state index is 0. The second-order valence-electron chi connectivity index (χ2n) is 3.67. The Bertz CT molecular complexity index is 407. The van der Waals surface area contributed by atoms with Gasteiger partial charge in [0.15, 0.2) is 0 Å². The predicted octanol–water partition coefficient (Wildman–Crippen LogP) is 0.883. The van der Waals surface area contributed by atoms with Crippen LogP contribution in [0.3, 0.4) is 0 Å². The first-order valence-electron chi connectivity index (χ1n) is 4.94. The van der Waals surface area contributed by atoms with Crippen LogP contribution in [0.4, 0.5) is 5.69 Å². The highest BCUT2D eigenvalue weighted by Crippen LogP contribution is 2.10. The van der Waals surface area contributed by atoms with Crippen molar-refractivity contribution in [1.82, 2.24) is 0 Å². The molecular weight excluding hydrogens is 242 g/mol. The molecule has 0 saturated heterocycles. The largest absolute Gasteiger partial charge is 0.366 e. The van der Waals surface area contributed by atoms with E-state index >= 15 is 0 Å². The Balaban J connectivity index is 0.00000256. The van der Waals surface area contributed by atoms with Crippen molar-refractivity contribution in [1.29, 1.82) is 0 Å². The van der Waals surface area contributed by atoms with Crippen molar-refractivity contribution in [3.63, 3.8) is 0 Å². The SMILES string of the molecule is CC(N)CC(=O)Nc1cccc(C(N)=O)c1.Cl. The molecule has 1 aromatic carbocycles. The number of nitrogens with one attached hydrogen (secondary N) is 1. The molecule has 94 valence electrons. The molecular formula is C11H16ClN3O2. The molecule has 6 heteroatoms. The van der Waals surface area contributed by atoms with Crippen molar-refractivity contribution in [2.75, 3.05) is 5.32 Å². The van der Waals surface area contributed by atoms with Gasteiger partial charge < -0.3 is 16.8 Å². The van der Waals surface area contributed by atoms with Crippen molar-refractivity contribution in [3.8, 4) is 0 Å². The van der Waals surface area contributed by atoms with Crippen LogP contribution in [-0.4, -0.2) is 17.9 Å². The Labute approximate surface area is 106 Å². The average molecular weight is 258 g/mol. The molecule has 2 amide bonds. The Morgan fingerprint density at radius 2 is 2.06 bits per heavy atom. The van der Waals surface area contributed by atoms with E-state index in [0.717, 1.165) is 0 Å². The maximum Gasteiger partial charge on any atom is 0.248 e. The van der Waals surface area contributed by atoms with Gasteiger partial charge in [-0.15, -0.1) is 12.4 Å². The van der Waals surface area contributed by atoms with Crippen LogP contribution in [-0.2, 0) is 4.79 Å². The zero-order valence-electron chi connectivity index (χ0n) is 9.47. The fraction of sp³-hybridized carbons (Fsp3) is 0.273. The van der Waals surface area contributed by atoms with Crippen molar-refractivity contribution in [3.05, 3.63) is 29.8 Å². The fourth-order valence-corrected chi connectivity index (χ4v) is 1.25. The van der Waals surface area contributed by atoms with E-state index in [1.807, 2.05) is 0 Å². The topological polar surface area (TPSA) is 98.2 Å². The number of anilines is 1. The molecule has 0 radical (unpaired) electrons. The van der Waals surface area contributed by atoms with Crippen LogP contribution in [0.5, 0.6) is 0 Å². The summed E-state index contributed by atoms with van der Waals surface area (Å²) in [5.41, 5.74) is 11.5. The van der Waals surface area contributed by atoms with E-state index in [0.29, 0.717) is 11.3 Å². The van der Waals surface area contributed by atoms with Crippen LogP contribution in [0.2, 0.25) is 0 Å². The summed E-state index contributed by atoms with van der Waals surface area (Å²) in [5.74, 6) is -0.708. The van der Waals surface area contributed by atoms with E-state index in [1.165, 1.54) is 6.07 Å². The molecule has 0 heterocycles. The average Bonchev–Trinajstić information content (AvgIpc) is 2.16. The van der Waals surface area contributed by atoms with Gasteiger partial charge in [-0.25, -0.2) is 0 Å². The van der Waals surface area contributed by atoms with Crippen LogP contribution >= 0.6 is 12.4 Å². The third-order valence-electron chi connectivity index (χ3n) is 1.94. The Morgan fingerprint density at radius 3 is 2.59 bits per heavy atom. The van der Waals surface area contributed by atoms with Crippen LogP contribution in [0.25, 0.3) is 0 Å². The van der Waals surface area contributed by atoms with Gasteiger partial charge >= 0.3 is 0 Å². The first-order chi connectivity index (χ1) is 7.49. The van der Waals surface area contributed by atoms with Crippen molar-refractivity contribution in [2.24, 2.45) is 11.5 Å². The van der Waals surface area contributed by atoms with Crippen LogP contribution in [0.15, 0.2) is 24.3 Å². The zero-order valence-corrected chi connectivity index (χ0v) is 10.3. The molecule has 1 aromatic rings. The summed E-state index contributed by atoms with van der Waals surface area (Å²) in [7, 11) is 0. The van der Waals surface area contributed by atoms with E-state index in [9.17, 15) is 9.59 Å². The molecule has 0 spiro atoms. The number of rotatable bonds is 4. The molecule has 1 atom stereocenters. The smallest absolute Gasteiger partial charge is 0.248 e. The fourth-order valence-electron chi connectivity index (χ4n) is 1.25. The lowest BCUT2D eigenvalue weighted by molar-refractivity contribution is -0.116. The molecule has 0 fully saturated rings. The second kappa shape index (κ2) is 6.88. The van der Waals surface area contributed by atoms with Crippen molar-refractivity contribution in [2.45, 2.75) is 19.4 Å². The van der Waals surface area contributed by atoms with E-state index in [1.54, 1.807) is 25.1 Å². The summed E-state index contributed by atoms with van der Waals surface area (Å²) in [6.45, 7) is 1.75. The molecule has 0 aromatic heterocycles. The number of nitrogens with two attached hydrogens (primary N) is 2. The third-order valence-corrected chi connectivity index (χ3v) is 1.94. The summed E-state index contributed by atoms with van der Waals surface area (Å²) >= 11 is 0. The predicted molar refractivity (Wildman–Crippen MR) is 69.1 cm³/mol. The van der Waals surface area contributed by atoms with Crippen molar-refractivity contribution >= 4 is 29.9 Å². The highest BCUT2D eigenvalue weighted by molar-refractivity contribution is 5.96. The molecule has 1 rings (SSSR count). The molecule has 0 aliphatic rings. The number of carbonyl (C=O) groups excluding carboxylic acids is 2. The quantitative estimate of drug-likeness (QED) is 0.747. The van der Waals surface area contributed by atoms with Gasteiger partial charge in [-0.1, -0.05) is 6.07 Å². The molecule has 0 aliphatic carbocycles. The van der Waals surface area contributed by atoms with E-state index < -0.39 is 5.91 Å². The Morgan fingerprint density at radius 1 is 1.41 bits per heavy atom. The first kappa shape index (κ1) is 15.4. The number of carbonyl (C=O) groups is 2. The van der Waals surface area contributed by atoms with Gasteiger partial charge in [-0.3, -0.25) is 9.59 Å². The van der Waals surface area contributed by atoms with E-state index in [4.69, 9.17) is 11.5 Å².